The highest BCUT2D eigenvalue weighted by Gasteiger charge is 2.16. The smallest absolute Gasteiger partial charge is 0.0739 e. The molecular weight excluding hydrogens is 234 g/mol. The molecule has 1 aromatic rings. The van der Waals surface area contributed by atoms with E-state index in [2.05, 4.69) is 32.9 Å². The topological polar surface area (TPSA) is 35.2 Å². The van der Waals surface area contributed by atoms with Gasteiger partial charge in [0.1, 0.15) is 0 Å². The molecule has 1 aromatic carbocycles. The lowest BCUT2D eigenvalue weighted by Crippen LogP contribution is -2.28. The Morgan fingerprint density at radius 3 is 2.42 bits per heavy atom. The molecule has 0 bridgehead atoms. The van der Waals surface area contributed by atoms with E-state index < -0.39 is 0 Å². The van der Waals surface area contributed by atoms with Gasteiger partial charge in [-0.15, -0.1) is 0 Å². The average molecular weight is 263 g/mol. The molecule has 0 amide bonds. The molecule has 0 saturated carbocycles. The van der Waals surface area contributed by atoms with Crippen LogP contribution < -0.4 is 5.73 Å². The summed E-state index contributed by atoms with van der Waals surface area (Å²) in [5.41, 5.74) is 7.39. The van der Waals surface area contributed by atoms with E-state index in [1.165, 1.54) is 25.7 Å². The fourth-order valence-corrected chi connectivity index (χ4v) is 2.24. The van der Waals surface area contributed by atoms with Gasteiger partial charge in [-0.1, -0.05) is 63.4 Å². The van der Waals surface area contributed by atoms with Crippen molar-refractivity contribution in [1.29, 1.82) is 0 Å². The van der Waals surface area contributed by atoms with Gasteiger partial charge in [-0.25, -0.2) is 0 Å². The van der Waals surface area contributed by atoms with E-state index in [1.807, 2.05) is 18.2 Å². The molecule has 0 fully saturated rings. The second-order valence-electron chi connectivity index (χ2n) is 5.39. The fraction of sp³-hybridized carbons (Fsp3) is 0.647. The predicted octanol–water partition coefficient (Wildman–Crippen LogP) is 4.31. The minimum atomic E-state index is -0.0371. The molecule has 3 unspecified atom stereocenters. The van der Waals surface area contributed by atoms with Gasteiger partial charge in [0.25, 0.3) is 0 Å². The lowest BCUT2D eigenvalue weighted by atomic mass is 10.00. The highest BCUT2D eigenvalue weighted by molar-refractivity contribution is 5.19. The third kappa shape index (κ3) is 5.75. The van der Waals surface area contributed by atoms with E-state index >= 15 is 0 Å². The Kier molecular flexibility index (Phi) is 7.76. The summed E-state index contributed by atoms with van der Waals surface area (Å²) in [4.78, 5) is 0. The molecule has 3 atom stereocenters. The van der Waals surface area contributed by atoms with Crippen molar-refractivity contribution in [1.82, 2.24) is 0 Å². The molecule has 0 heterocycles. The summed E-state index contributed by atoms with van der Waals surface area (Å²) >= 11 is 0. The maximum atomic E-state index is 6.24. The van der Waals surface area contributed by atoms with Gasteiger partial charge in [0.2, 0.25) is 0 Å². The number of hydrogen-bond acceptors (Lipinski definition) is 2. The molecule has 0 spiro atoms. The molecule has 0 radical (unpaired) electrons. The van der Waals surface area contributed by atoms with Crippen LogP contribution in [-0.4, -0.2) is 12.7 Å². The maximum Gasteiger partial charge on any atom is 0.0739 e. The van der Waals surface area contributed by atoms with E-state index in [-0.39, 0.29) is 12.1 Å². The van der Waals surface area contributed by atoms with Crippen LogP contribution in [-0.2, 0) is 4.74 Å². The zero-order valence-electron chi connectivity index (χ0n) is 12.6. The normalized spacial score (nSPS) is 16.0. The summed E-state index contributed by atoms with van der Waals surface area (Å²) in [6.07, 6.45) is 5.07. The van der Waals surface area contributed by atoms with Crippen LogP contribution in [0.1, 0.15) is 58.1 Å². The molecule has 0 aliphatic heterocycles. The monoisotopic (exact) mass is 263 g/mol. The predicted molar refractivity (Wildman–Crippen MR) is 82.1 cm³/mol. The number of rotatable bonds is 9. The van der Waals surface area contributed by atoms with Crippen molar-refractivity contribution in [3.63, 3.8) is 0 Å². The van der Waals surface area contributed by atoms with Gasteiger partial charge in [0, 0.05) is 6.61 Å². The number of nitrogens with two attached hydrogens (primary N) is 1. The molecule has 108 valence electrons. The van der Waals surface area contributed by atoms with Gasteiger partial charge in [0.05, 0.1) is 12.1 Å². The minimum Gasteiger partial charge on any atom is -0.376 e. The van der Waals surface area contributed by atoms with E-state index in [1.54, 1.807) is 0 Å². The van der Waals surface area contributed by atoms with Crippen molar-refractivity contribution in [2.75, 3.05) is 6.61 Å². The number of benzene rings is 1. The maximum absolute atomic E-state index is 6.24. The Hall–Kier alpha value is -0.860. The first kappa shape index (κ1) is 16.2. The Labute approximate surface area is 118 Å². The Morgan fingerprint density at radius 2 is 1.84 bits per heavy atom. The first-order chi connectivity index (χ1) is 9.19. The van der Waals surface area contributed by atoms with Crippen LogP contribution in [0, 0.1) is 5.92 Å². The quantitative estimate of drug-likeness (QED) is 0.720. The molecule has 0 aromatic heterocycles. The second kappa shape index (κ2) is 9.11. The molecule has 0 saturated heterocycles. The Bertz CT molecular complexity index is 325. The first-order valence-electron chi connectivity index (χ1n) is 7.61. The molecule has 2 nitrogen and oxygen atoms in total. The van der Waals surface area contributed by atoms with E-state index in [0.29, 0.717) is 5.92 Å². The standard InChI is InChI=1S/C17H29NO/c1-4-6-10-15(5-2)13-19-14(3)17(18)16-11-8-7-9-12-16/h7-9,11-12,14-15,17H,4-6,10,13,18H2,1-3H3. The third-order valence-corrected chi connectivity index (χ3v) is 3.83. The van der Waals surface area contributed by atoms with E-state index in [0.717, 1.165) is 12.2 Å². The van der Waals surface area contributed by atoms with Gasteiger partial charge in [0.15, 0.2) is 0 Å². The summed E-state index contributed by atoms with van der Waals surface area (Å²) in [7, 11) is 0. The molecule has 0 aliphatic rings. The molecular formula is C17H29NO. The summed E-state index contributed by atoms with van der Waals surface area (Å²) in [6, 6.07) is 10.2. The van der Waals surface area contributed by atoms with Crippen LogP contribution in [0.3, 0.4) is 0 Å². The van der Waals surface area contributed by atoms with Crippen LogP contribution in [0.5, 0.6) is 0 Å². The van der Waals surface area contributed by atoms with Crippen molar-refractivity contribution in [2.45, 2.75) is 58.6 Å². The van der Waals surface area contributed by atoms with Crippen LogP contribution in [0.2, 0.25) is 0 Å². The van der Waals surface area contributed by atoms with Crippen molar-refractivity contribution >= 4 is 0 Å². The zero-order valence-corrected chi connectivity index (χ0v) is 12.6. The SMILES string of the molecule is CCCCC(CC)COC(C)C(N)c1ccccc1. The molecule has 2 heteroatoms. The third-order valence-electron chi connectivity index (χ3n) is 3.83. The largest absolute Gasteiger partial charge is 0.376 e. The van der Waals surface area contributed by atoms with Crippen LogP contribution >= 0.6 is 0 Å². The molecule has 1 rings (SSSR count). The average Bonchev–Trinajstić information content (AvgIpc) is 2.47. The second-order valence-corrected chi connectivity index (χ2v) is 5.39. The lowest BCUT2D eigenvalue weighted by Gasteiger charge is -2.23. The number of hydrogen-bond donors (Lipinski definition) is 1. The van der Waals surface area contributed by atoms with Gasteiger partial charge < -0.3 is 10.5 Å². The summed E-state index contributed by atoms with van der Waals surface area (Å²) in [6.45, 7) is 7.38. The Morgan fingerprint density at radius 1 is 1.16 bits per heavy atom. The van der Waals surface area contributed by atoms with E-state index in [9.17, 15) is 0 Å². The highest BCUT2D eigenvalue weighted by atomic mass is 16.5. The molecule has 19 heavy (non-hydrogen) atoms. The van der Waals surface area contributed by atoms with Gasteiger partial charge in [-0.05, 0) is 24.8 Å². The van der Waals surface area contributed by atoms with Crippen molar-refractivity contribution in [3.8, 4) is 0 Å². The lowest BCUT2D eigenvalue weighted by molar-refractivity contribution is 0.0216. The fourth-order valence-electron chi connectivity index (χ4n) is 2.24. The van der Waals surface area contributed by atoms with Crippen molar-refractivity contribution in [3.05, 3.63) is 35.9 Å². The summed E-state index contributed by atoms with van der Waals surface area (Å²) in [5.74, 6) is 0.672. The molecule has 0 aliphatic carbocycles. The summed E-state index contributed by atoms with van der Waals surface area (Å²) < 4.78 is 5.98. The van der Waals surface area contributed by atoms with Gasteiger partial charge >= 0.3 is 0 Å². The van der Waals surface area contributed by atoms with Gasteiger partial charge in [-0.3, -0.25) is 0 Å². The van der Waals surface area contributed by atoms with Crippen molar-refractivity contribution < 1.29 is 4.74 Å². The molecule has 2 N–H and O–H groups in total. The van der Waals surface area contributed by atoms with Crippen molar-refractivity contribution in [2.24, 2.45) is 11.7 Å². The van der Waals surface area contributed by atoms with Gasteiger partial charge in [-0.2, -0.15) is 0 Å². The van der Waals surface area contributed by atoms with E-state index in [4.69, 9.17) is 10.5 Å². The number of unbranched alkanes of at least 4 members (excludes halogenated alkanes) is 1. The first-order valence-corrected chi connectivity index (χ1v) is 7.61. The Balaban J connectivity index is 2.39. The van der Waals surface area contributed by atoms with Crippen LogP contribution in [0.15, 0.2) is 30.3 Å². The minimum absolute atomic E-state index is 0.0371. The van der Waals surface area contributed by atoms with Crippen LogP contribution in [0.4, 0.5) is 0 Å². The van der Waals surface area contributed by atoms with Crippen LogP contribution in [0.25, 0.3) is 0 Å². The summed E-state index contributed by atoms with van der Waals surface area (Å²) in [5, 5.41) is 0. The number of ether oxygens (including phenoxy) is 1. The zero-order chi connectivity index (χ0) is 14.1. The highest BCUT2D eigenvalue weighted by Crippen LogP contribution is 2.19.